The Morgan fingerprint density at radius 1 is 1.19 bits per heavy atom. The molecule has 0 aromatic carbocycles. The minimum absolute atomic E-state index is 0.0720. The standard InChI is InChI=1S/C15H15NO3S2/c1-19-15(18)10-8-9(10)14(17)16-13(11-4-2-6-20-11)12-5-3-7-21-12/h2-7,9-10,13H,8H2,1H3,(H,16,17)/t9-,10+/m1/s1. The highest BCUT2D eigenvalue weighted by Crippen LogP contribution is 2.40. The Bertz CT molecular complexity index is 587. The predicted molar refractivity (Wildman–Crippen MR) is 82.2 cm³/mol. The maximum atomic E-state index is 12.3. The number of carbonyl (C=O) groups is 2. The average molecular weight is 321 g/mol. The molecule has 0 radical (unpaired) electrons. The number of methoxy groups -OCH3 is 1. The zero-order valence-electron chi connectivity index (χ0n) is 11.4. The fraction of sp³-hybridized carbons (Fsp3) is 0.333. The topological polar surface area (TPSA) is 55.4 Å². The Morgan fingerprint density at radius 3 is 2.29 bits per heavy atom. The normalized spacial score (nSPS) is 20.3. The van der Waals surface area contributed by atoms with E-state index in [0.29, 0.717) is 6.42 Å². The van der Waals surface area contributed by atoms with Gasteiger partial charge in [-0.2, -0.15) is 0 Å². The Kier molecular flexibility index (Phi) is 4.07. The summed E-state index contributed by atoms with van der Waals surface area (Å²) in [4.78, 5) is 26.0. The Hall–Kier alpha value is -1.66. The molecule has 21 heavy (non-hydrogen) atoms. The summed E-state index contributed by atoms with van der Waals surface area (Å²) in [6, 6.07) is 7.85. The van der Waals surface area contributed by atoms with Crippen molar-refractivity contribution in [1.29, 1.82) is 0 Å². The summed E-state index contributed by atoms with van der Waals surface area (Å²) in [5.41, 5.74) is 0. The molecular formula is C15H15NO3S2. The molecule has 0 unspecified atom stereocenters. The molecule has 1 fully saturated rings. The first-order chi connectivity index (χ1) is 10.2. The van der Waals surface area contributed by atoms with Crippen molar-refractivity contribution in [1.82, 2.24) is 5.32 Å². The molecule has 2 heterocycles. The van der Waals surface area contributed by atoms with Crippen LogP contribution in [0.4, 0.5) is 0 Å². The van der Waals surface area contributed by atoms with Crippen LogP contribution in [0.25, 0.3) is 0 Å². The number of hydrogen-bond donors (Lipinski definition) is 1. The molecule has 4 nitrogen and oxygen atoms in total. The number of nitrogens with one attached hydrogen (secondary N) is 1. The third-order valence-corrected chi connectivity index (χ3v) is 5.45. The van der Waals surface area contributed by atoms with Crippen LogP contribution in [0, 0.1) is 11.8 Å². The van der Waals surface area contributed by atoms with Gasteiger partial charge in [0.05, 0.1) is 25.0 Å². The number of hydrogen-bond acceptors (Lipinski definition) is 5. The third-order valence-electron chi connectivity index (χ3n) is 3.57. The second-order valence-corrected chi connectivity index (χ2v) is 6.90. The van der Waals surface area contributed by atoms with E-state index in [-0.39, 0.29) is 29.8 Å². The molecule has 0 saturated heterocycles. The Labute approximate surface area is 130 Å². The van der Waals surface area contributed by atoms with E-state index >= 15 is 0 Å². The van der Waals surface area contributed by atoms with Crippen molar-refractivity contribution >= 4 is 34.6 Å². The monoisotopic (exact) mass is 321 g/mol. The van der Waals surface area contributed by atoms with Gasteiger partial charge in [-0.15, -0.1) is 22.7 Å². The van der Waals surface area contributed by atoms with Crippen LogP contribution < -0.4 is 5.32 Å². The fourth-order valence-corrected chi connectivity index (χ4v) is 4.00. The predicted octanol–water partition coefficient (Wildman–Crippen LogP) is 2.82. The lowest BCUT2D eigenvalue weighted by atomic mass is 10.2. The van der Waals surface area contributed by atoms with Crippen molar-refractivity contribution in [3.8, 4) is 0 Å². The quantitative estimate of drug-likeness (QED) is 0.862. The Balaban J connectivity index is 1.72. The van der Waals surface area contributed by atoms with Crippen molar-refractivity contribution in [2.75, 3.05) is 7.11 Å². The van der Waals surface area contributed by atoms with E-state index in [4.69, 9.17) is 0 Å². The minimum atomic E-state index is -0.293. The SMILES string of the molecule is COC(=O)[C@H]1C[C@H]1C(=O)NC(c1cccs1)c1cccs1. The van der Waals surface area contributed by atoms with Crippen molar-refractivity contribution in [2.45, 2.75) is 12.5 Å². The van der Waals surface area contributed by atoms with E-state index in [0.717, 1.165) is 9.75 Å². The van der Waals surface area contributed by atoms with E-state index < -0.39 is 0 Å². The molecule has 1 saturated carbocycles. The van der Waals surface area contributed by atoms with Crippen LogP contribution in [0.1, 0.15) is 22.2 Å². The van der Waals surface area contributed by atoms with Gasteiger partial charge in [-0.05, 0) is 29.3 Å². The van der Waals surface area contributed by atoms with Crippen LogP contribution in [-0.2, 0) is 14.3 Å². The van der Waals surface area contributed by atoms with Gasteiger partial charge in [-0.1, -0.05) is 12.1 Å². The van der Waals surface area contributed by atoms with Gasteiger partial charge >= 0.3 is 5.97 Å². The summed E-state index contributed by atoms with van der Waals surface area (Å²) in [7, 11) is 1.36. The van der Waals surface area contributed by atoms with E-state index in [1.807, 2.05) is 35.0 Å². The molecule has 6 heteroatoms. The number of thiophene rings is 2. The second kappa shape index (κ2) is 5.99. The molecule has 2 aromatic heterocycles. The van der Waals surface area contributed by atoms with Crippen LogP contribution in [-0.4, -0.2) is 19.0 Å². The van der Waals surface area contributed by atoms with Crippen LogP contribution in [0.2, 0.25) is 0 Å². The first kappa shape index (κ1) is 14.3. The van der Waals surface area contributed by atoms with E-state index in [9.17, 15) is 9.59 Å². The van der Waals surface area contributed by atoms with Crippen LogP contribution in [0.5, 0.6) is 0 Å². The molecular weight excluding hydrogens is 306 g/mol. The van der Waals surface area contributed by atoms with Crippen molar-refractivity contribution < 1.29 is 14.3 Å². The molecule has 0 bridgehead atoms. The van der Waals surface area contributed by atoms with Gasteiger partial charge in [-0.3, -0.25) is 9.59 Å². The molecule has 1 N–H and O–H groups in total. The first-order valence-corrected chi connectivity index (χ1v) is 8.41. The highest BCUT2D eigenvalue weighted by Gasteiger charge is 2.49. The van der Waals surface area contributed by atoms with Crippen molar-refractivity contribution in [2.24, 2.45) is 11.8 Å². The molecule has 3 rings (SSSR count). The summed E-state index contributed by atoms with van der Waals surface area (Å²) in [6.07, 6.45) is 0.583. The highest BCUT2D eigenvalue weighted by molar-refractivity contribution is 7.11. The molecule has 2 atom stereocenters. The second-order valence-electron chi connectivity index (χ2n) is 4.94. The number of esters is 1. The summed E-state index contributed by atoms with van der Waals surface area (Å²) in [5.74, 6) is -0.890. The third kappa shape index (κ3) is 3.01. The molecule has 1 aliphatic carbocycles. The summed E-state index contributed by atoms with van der Waals surface area (Å²) >= 11 is 3.23. The molecule has 0 aliphatic heterocycles. The van der Waals surface area contributed by atoms with Crippen LogP contribution in [0.3, 0.4) is 0 Å². The molecule has 2 aromatic rings. The first-order valence-electron chi connectivity index (χ1n) is 6.65. The van der Waals surface area contributed by atoms with Crippen LogP contribution >= 0.6 is 22.7 Å². The van der Waals surface area contributed by atoms with E-state index in [1.165, 1.54) is 7.11 Å². The zero-order chi connectivity index (χ0) is 14.8. The minimum Gasteiger partial charge on any atom is -0.469 e. The van der Waals surface area contributed by atoms with Gasteiger partial charge in [0, 0.05) is 9.75 Å². The highest BCUT2D eigenvalue weighted by atomic mass is 32.1. The Morgan fingerprint density at radius 2 is 1.81 bits per heavy atom. The lowest BCUT2D eigenvalue weighted by molar-refractivity contribution is -0.143. The van der Waals surface area contributed by atoms with Crippen molar-refractivity contribution in [3.63, 3.8) is 0 Å². The fourth-order valence-electron chi connectivity index (χ4n) is 2.34. The largest absolute Gasteiger partial charge is 0.469 e. The average Bonchev–Trinajstić information content (AvgIpc) is 2.93. The van der Waals surface area contributed by atoms with Gasteiger partial charge in [0.25, 0.3) is 0 Å². The molecule has 110 valence electrons. The summed E-state index contributed by atoms with van der Waals surface area (Å²) in [6.45, 7) is 0. The maximum Gasteiger partial charge on any atom is 0.309 e. The van der Waals surface area contributed by atoms with Gasteiger partial charge < -0.3 is 10.1 Å². The van der Waals surface area contributed by atoms with Crippen molar-refractivity contribution in [3.05, 3.63) is 44.8 Å². The lowest BCUT2D eigenvalue weighted by Gasteiger charge is -2.16. The number of amides is 1. The lowest BCUT2D eigenvalue weighted by Crippen LogP contribution is -2.30. The maximum absolute atomic E-state index is 12.3. The number of rotatable bonds is 5. The number of ether oxygens (including phenoxy) is 1. The zero-order valence-corrected chi connectivity index (χ0v) is 13.1. The van der Waals surface area contributed by atoms with Gasteiger partial charge in [-0.25, -0.2) is 0 Å². The molecule has 0 spiro atoms. The smallest absolute Gasteiger partial charge is 0.309 e. The summed E-state index contributed by atoms with van der Waals surface area (Å²) < 4.78 is 4.69. The van der Waals surface area contributed by atoms with Gasteiger partial charge in [0.2, 0.25) is 5.91 Å². The van der Waals surface area contributed by atoms with Crippen LogP contribution in [0.15, 0.2) is 35.0 Å². The van der Waals surface area contributed by atoms with Gasteiger partial charge in [0.1, 0.15) is 0 Å². The summed E-state index contributed by atoms with van der Waals surface area (Å²) in [5, 5.41) is 7.06. The van der Waals surface area contributed by atoms with Gasteiger partial charge in [0.15, 0.2) is 0 Å². The number of carbonyl (C=O) groups excluding carboxylic acids is 2. The van der Waals surface area contributed by atoms with E-state index in [1.54, 1.807) is 22.7 Å². The van der Waals surface area contributed by atoms with E-state index in [2.05, 4.69) is 10.1 Å². The molecule has 1 aliphatic rings. The molecule has 1 amide bonds.